The molecule has 0 unspecified atom stereocenters. The van der Waals surface area contributed by atoms with Crippen molar-refractivity contribution in [3.8, 4) is 17.2 Å². The summed E-state index contributed by atoms with van der Waals surface area (Å²) in [5, 5.41) is 3.51. The number of hydrogen-bond donors (Lipinski definition) is 1. The average Bonchev–Trinajstić information content (AvgIpc) is 2.78. The molecule has 5 heteroatoms. The number of halogens is 1. The summed E-state index contributed by atoms with van der Waals surface area (Å²) in [6.07, 6.45) is 0.959. The summed E-state index contributed by atoms with van der Waals surface area (Å²) in [6, 6.07) is 20.6. The van der Waals surface area contributed by atoms with Crippen molar-refractivity contribution < 1.29 is 14.2 Å². The summed E-state index contributed by atoms with van der Waals surface area (Å²) in [4.78, 5) is 0. The van der Waals surface area contributed by atoms with Gasteiger partial charge < -0.3 is 19.5 Å². The predicted octanol–water partition coefficient (Wildman–Crippen LogP) is 6.08. The van der Waals surface area contributed by atoms with Crippen LogP contribution in [0.3, 0.4) is 0 Å². The molecule has 31 heavy (non-hydrogen) atoms. The van der Waals surface area contributed by atoms with Crippen molar-refractivity contribution >= 4 is 15.9 Å². The molecule has 0 saturated carbocycles. The second-order valence-electron chi connectivity index (χ2n) is 7.33. The summed E-state index contributed by atoms with van der Waals surface area (Å²) < 4.78 is 18.1. The van der Waals surface area contributed by atoms with E-state index in [-0.39, 0.29) is 0 Å². The molecule has 3 aromatic carbocycles. The van der Waals surface area contributed by atoms with Crippen molar-refractivity contribution in [3.63, 3.8) is 0 Å². The van der Waals surface area contributed by atoms with Crippen LogP contribution in [0.2, 0.25) is 0 Å². The maximum absolute atomic E-state index is 6.14. The van der Waals surface area contributed by atoms with E-state index in [0.29, 0.717) is 13.2 Å². The normalized spacial score (nSPS) is 10.7. The van der Waals surface area contributed by atoms with Crippen molar-refractivity contribution in [1.82, 2.24) is 5.32 Å². The smallest absolute Gasteiger partial charge is 0.175 e. The van der Waals surface area contributed by atoms with E-state index in [0.717, 1.165) is 46.8 Å². The summed E-state index contributed by atoms with van der Waals surface area (Å²) in [5.41, 5.74) is 4.81. The van der Waals surface area contributed by atoms with E-state index < -0.39 is 0 Å². The zero-order valence-corrected chi connectivity index (χ0v) is 20.0. The Labute approximate surface area is 193 Å². The van der Waals surface area contributed by atoms with E-state index in [2.05, 4.69) is 64.6 Å². The van der Waals surface area contributed by atoms with E-state index in [9.17, 15) is 0 Å². The first-order valence-corrected chi connectivity index (χ1v) is 11.4. The molecule has 0 aliphatic carbocycles. The minimum Gasteiger partial charge on any atom is -0.497 e. The Bertz CT molecular complexity index is 973. The number of rotatable bonds is 11. The molecule has 0 radical (unpaired) electrons. The molecule has 0 saturated heterocycles. The monoisotopic (exact) mass is 483 g/mol. The molecule has 0 aliphatic rings. The van der Waals surface area contributed by atoms with Gasteiger partial charge in [0.1, 0.15) is 12.4 Å². The molecule has 0 atom stereocenters. The maximum atomic E-state index is 6.14. The van der Waals surface area contributed by atoms with Gasteiger partial charge in [-0.3, -0.25) is 0 Å². The Kier molecular flexibility index (Phi) is 8.80. The second kappa shape index (κ2) is 11.8. The SMILES string of the molecule is CCOc1cc(CNCCc2ccc(OC)cc2)cc(Br)c1OCc1ccccc1C. The van der Waals surface area contributed by atoms with Gasteiger partial charge in [-0.1, -0.05) is 36.4 Å². The van der Waals surface area contributed by atoms with Gasteiger partial charge in [-0.15, -0.1) is 0 Å². The van der Waals surface area contributed by atoms with E-state index in [1.54, 1.807) is 7.11 Å². The van der Waals surface area contributed by atoms with Crippen LogP contribution in [0, 0.1) is 6.92 Å². The Morgan fingerprint density at radius 1 is 0.935 bits per heavy atom. The van der Waals surface area contributed by atoms with E-state index in [4.69, 9.17) is 14.2 Å². The van der Waals surface area contributed by atoms with Crippen LogP contribution in [0.15, 0.2) is 65.1 Å². The summed E-state index contributed by atoms with van der Waals surface area (Å²) in [6.45, 7) is 6.81. The molecule has 0 heterocycles. The molecule has 0 fully saturated rings. The Hall–Kier alpha value is -2.50. The maximum Gasteiger partial charge on any atom is 0.175 e. The van der Waals surface area contributed by atoms with Crippen LogP contribution in [-0.4, -0.2) is 20.3 Å². The fraction of sp³-hybridized carbons (Fsp3) is 0.308. The standard InChI is InChI=1S/C26H30BrNO3/c1-4-30-25-16-21(17-28-14-13-20-9-11-23(29-3)12-10-20)15-24(27)26(25)31-18-22-8-6-5-7-19(22)2/h5-12,15-16,28H,4,13-14,17-18H2,1-3H3. The van der Waals surface area contributed by atoms with Crippen LogP contribution in [0.4, 0.5) is 0 Å². The number of aryl methyl sites for hydroxylation is 1. The average molecular weight is 484 g/mol. The van der Waals surface area contributed by atoms with Gasteiger partial charge in [0.15, 0.2) is 11.5 Å². The molecule has 3 aromatic rings. The molecule has 164 valence electrons. The first-order valence-electron chi connectivity index (χ1n) is 10.6. The summed E-state index contributed by atoms with van der Waals surface area (Å²) in [5.74, 6) is 2.39. The molecular weight excluding hydrogens is 454 g/mol. The molecule has 0 bridgehead atoms. The molecule has 1 N–H and O–H groups in total. The van der Waals surface area contributed by atoms with Gasteiger partial charge in [0.05, 0.1) is 18.2 Å². The van der Waals surface area contributed by atoms with Crippen molar-refractivity contribution in [2.24, 2.45) is 0 Å². The Balaban J connectivity index is 1.60. The summed E-state index contributed by atoms with van der Waals surface area (Å²) >= 11 is 3.67. The van der Waals surface area contributed by atoms with Gasteiger partial charge in [-0.25, -0.2) is 0 Å². The van der Waals surface area contributed by atoms with Crippen molar-refractivity contribution in [1.29, 1.82) is 0 Å². The van der Waals surface area contributed by atoms with Gasteiger partial charge >= 0.3 is 0 Å². The largest absolute Gasteiger partial charge is 0.497 e. The minimum absolute atomic E-state index is 0.505. The van der Waals surface area contributed by atoms with Crippen molar-refractivity contribution in [3.05, 3.63) is 87.4 Å². The fourth-order valence-electron chi connectivity index (χ4n) is 3.31. The first kappa shape index (κ1) is 23.2. The number of nitrogens with one attached hydrogen (secondary N) is 1. The lowest BCUT2D eigenvalue weighted by atomic mass is 10.1. The van der Waals surface area contributed by atoms with Crippen LogP contribution in [0.25, 0.3) is 0 Å². The minimum atomic E-state index is 0.505. The predicted molar refractivity (Wildman–Crippen MR) is 129 cm³/mol. The van der Waals surface area contributed by atoms with Crippen molar-refractivity contribution in [2.75, 3.05) is 20.3 Å². The van der Waals surface area contributed by atoms with Gasteiger partial charge in [-0.05, 0) is 89.3 Å². The van der Waals surface area contributed by atoms with E-state index >= 15 is 0 Å². The highest BCUT2D eigenvalue weighted by Crippen LogP contribution is 2.37. The van der Waals surface area contributed by atoms with Gasteiger partial charge in [0.2, 0.25) is 0 Å². The molecule has 3 rings (SSSR count). The van der Waals surface area contributed by atoms with Gasteiger partial charge in [0, 0.05) is 6.54 Å². The third-order valence-corrected chi connectivity index (χ3v) is 5.67. The number of hydrogen-bond acceptors (Lipinski definition) is 4. The van der Waals surface area contributed by atoms with Crippen LogP contribution in [0.5, 0.6) is 17.2 Å². The van der Waals surface area contributed by atoms with Gasteiger partial charge in [-0.2, -0.15) is 0 Å². The lowest BCUT2D eigenvalue weighted by Crippen LogP contribution is -2.17. The lowest BCUT2D eigenvalue weighted by Gasteiger charge is -2.16. The topological polar surface area (TPSA) is 39.7 Å². The first-order chi connectivity index (χ1) is 15.1. The third kappa shape index (κ3) is 6.74. The third-order valence-electron chi connectivity index (χ3n) is 5.08. The highest BCUT2D eigenvalue weighted by atomic mass is 79.9. The van der Waals surface area contributed by atoms with E-state index in [1.807, 2.05) is 31.2 Å². The quantitative estimate of drug-likeness (QED) is 0.335. The van der Waals surface area contributed by atoms with Crippen LogP contribution >= 0.6 is 15.9 Å². The zero-order chi connectivity index (χ0) is 22.1. The zero-order valence-electron chi connectivity index (χ0n) is 18.4. The molecule has 0 aromatic heterocycles. The van der Waals surface area contributed by atoms with Crippen LogP contribution in [0.1, 0.15) is 29.2 Å². The summed E-state index contributed by atoms with van der Waals surface area (Å²) in [7, 11) is 1.68. The van der Waals surface area contributed by atoms with Crippen molar-refractivity contribution in [2.45, 2.75) is 33.4 Å². The lowest BCUT2D eigenvalue weighted by molar-refractivity contribution is 0.267. The highest BCUT2D eigenvalue weighted by molar-refractivity contribution is 9.10. The number of ether oxygens (including phenoxy) is 3. The number of benzene rings is 3. The Morgan fingerprint density at radius 3 is 2.42 bits per heavy atom. The van der Waals surface area contributed by atoms with Gasteiger partial charge in [0.25, 0.3) is 0 Å². The molecule has 0 amide bonds. The molecule has 0 spiro atoms. The Morgan fingerprint density at radius 2 is 1.71 bits per heavy atom. The molecule has 4 nitrogen and oxygen atoms in total. The molecular formula is C26H30BrNO3. The molecule has 0 aliphatic heterocycles. The highest BCUT2D eigenvalue weighted by Gasteiger charge is 2.13. The number of methoxy groups -OCH3 is 1. The fourth-order valence-corrected chi connectivity index (χ4v) is 3.91. The van der Waals surface area contributed by atoms with Crippen LogP contribution in [-0.2, 0) is 19.6 Å². The second-order valence-corrected chi connectivity index (χ2v) is 8.18. The van der Waals surface area contributed by atoms with Crippen LogP contribution < -0.4 is 19.5 Å². The van der Waals surface area contributed by atoms with E-state index in [1.165, 1.54) is 16.7 Å².